The van der Waals surface area contributed by atoms with E-state index in [0.717, 1.165) is 10.9 Å². The van der Waals surface area contributed by atoms with Gasteiger partial charge in [-0.3, -0.25) is 0 Å². The summed E-state index contributed by atoms with van der Waals surface area (Å²) in [4.78, 5) is 0. The lowest BCUT2D eigenvalue weighted by molar-refractivity contribution is 0.167. The number of ether oxygens (including phenoxy) is 1. The molecule has 0 fully saturated rings. The van der Waals surface area contributed by atoms with E-state index in [1.807, 2.05) is 0 Å². The molecule has 0 saturated carbocycles. The summed E-state index contributed by atoms with van der Waals surface area (Å²) in [5, 5.41) is 0. The van der Waals surface area contributed by atoms with Crippen molar-refractivity contribution in [2.75, 3.05) is 13.2 Å². The monoisotopic (exact) mass is 271 g/mol. The fourth-order valence-corrected chi connectivity index (χ4v) is 1.40. The second-order valence-electron chi connectivity index (χ2n) is 3.00. The molecule has 0 aromatic heterocycles. The Morgan fingerprint density at radius 1 is 1.47 bits per heavy atom. The smallest absolute Gasteiger partial charge is 0.131 e. The molecule has 1 aromatic carbocycles. The molecule has 1 rings (SSSR count). The van der Waals surface area contributed by atoms with Crippen LogP contribution in [0.25, 0.3) is 6.08 Å². The zero-order chi connectivity index (χ0) is 11.1. The zero-order valence-electron chi connectivity index (χ0n) is 8.38. The molecule has 0 unspecified atom stereocenters. The Hall–Kier alpha value is -0.670. The minimum Gasteiger partial charge on any atom is -0.377 e. The quantitative estimate of drug-likeness (QED) is 0.740. The van der Waals surface area contributed by atoms with E-state index in [4.69, 9.17) is 4.74 Å². The molecular weight excluding hydrogens is 259 g/mol. The average molecular weight is 272 g/mol. The summed E-state index contributed by atoms with van der Waals surface area (Å²) < 4.78 is 19.2. The third-order valence-corrected chi connectivity index (χ3v) is 2.26. The predicted octanol–water partition coefficient (Wildman–Crippen LogP) is 3.84. The first-order valence-electron chi connectivity index (χ1n) is 4.72. The molecule has 0 N–H and O–H groups in total. The van der Waals surface area contributed by atoms with Crippen molar-refractivity contribution in [1.29, 1.82) is 0 Å². The van der Waals surface area contributed by atoms with Gasteiger partial charge in [-0.1, -0.05) is 41.1 Å². The van der Waals surface area contributed by atoms with Crippen LogP contribution in [0.2, 0.25) is 0 Å². The molecule has 1 radical (unpaired) electrons. The van der Waals surface area contributed by atoms with Crippen LogP contribution in [-0.2, 0) is 4.74 Å². The summed E-state index contributed by atoms with van der Waals surface area (Å²) >= 11 is 3.20. The highest BCUT2D eigenvalue weighted by molar-refractivity contribution is 9.10. The molecule has 1 aromatic rings. The molecule has 1 nitrogen and oxygen atoms in total. The van der Waals surface area contributed by atoms with Gasteiger partial charge in [0, 0.05) is 16.6 Å². The molecule has 0 amide bonds. The van der Waals surface area contributed by atoms with E-state index in [1.165, 1.54) is 6.07 Å². The van der Waals surface area contributed by atoms with Crippen molar-refractivity contribution in [2.24, 2.45) is 0 Å². The largest absolute Gasteiger partial charge is 0.377 e. The van der Waals surface area contributed by atoms with Gasteiger partial charge in [-0.15, -0.1) is 0 Å². The lowest BCUT2D eigenvalue weighted by atomic mass is 10.2. The molecular formula is C12H13BrFO. The summed E-state index contributed by atoms with van der Waals surface area (Å²) in [6.45, 7) is 4.77. The molecule has 0 aliphatic carbocycles. The van der Waals surface area contributed by atoms with Crippen LogP contribution in [0.5, 0.6) is 0 Å². The van der Waals surface area contributed by atoms with Gasteiger partial charge < -0.3 is 4.74 Å². The highest BCUT2D eigenvalue weighted by Gasteiger charge is 1.97. The van der Waals surface area contributed by atoms with Crippen LogP contribution in [-0.4, -0.2) is 13.2 Å². The van der Waals surface area contributed by atoms with E-state index in [1.54, 1.807) is 24.3 Å². The van der Waals surface area contributed by atoms with E-state index in [2.05, 4.69) is 22.9 Å². The van der Waals surface area contributed by atoms with Crippen molar-refractivity contribution in [1.82, 2.24) is 0 Å². The van der Waals surface area contributed by atoms with Gasteiger partial charge in [0.1, 0.15) is 5.82 Å². The van der Waals surface area contributed by atoms with Gasteiger partial charge in [-0.25, -0.2) is 4.39 Å². The number of hydrogen-bond acceptors (Lipinski definition) is 1. The predicted molar refractivity (Wildman–Crippen MR) is 63.9 cm³/mol. The second-order valence-corrected chi connectivity index (χ2v) is 3.91. The van der Waals surface area contributed by atoms with E-state index in [-0.39, 0.29) is 5.82 Å². The van der Waals surface area contributed by atoms with Crippen LogP contribution in [0, 0.1) is 12.7 Å². The molecule has 0 bridgehead atoms. The number of rotatable bonds is 5. The molecule has 0 spiro atoms. The lowest BCUT2D eigenvalue weighted by Gasteiger charge is -1.98. The molecule has 0 aliphatic heterocycles. The average Bonchev–Trinajstić information content (AvgIpc) is 2.20. The summed E-state index contributed by atoms with van der Waals surface area (Å²) in [6, 6.07) is 4.97. The zero-order valence-corrected chi connectivity index (χ0v) is 9.97. The maximum absolute atomic E-state index is 13.3. The minimum atomic E-state index is -0.238. The maximum atomic E-state index is 13.3. The molecule has 15 heavy (non-hydrogen) atoms. The van der Waals surface area contributed by atoms with E-state index >= 15 is 0 Å². The number of hydrogen-bond donors (Lipinski definition) is 0. The van der Waals surface area contributed by atoms with Crippen LogP contribution in [0.3, 0.4) is 0 Å². The van der Waals surface area contributed by atoms with E-state index < -0.39 is 0 Å². The van der Waals surface area contributed by atoms with Gasteiger partial charge in [0.15, 0.2) is 0 Å². The van der Waals surface area contributed by atoms with Gasteiger partial charge in [-0.2, -0.15) is 0 Å². The first-order chi connectivity index (χ1) is 7.24. The van der Waals surface area contributed by atoms with Crippen LogP contribution in [0.1, 0.15) is 12.0 Å². The van der Waals surface area contributed by atoms with Gasteiger partial charge in [-0.05, 0) is 18.6 Å². The minimum absolute atomic E-state index is 0.238. The third-order valence-electron chi connectivity index (χ3n) is 1.76. The Morgan fingerprint density at radius 2 is 2.27 bits per heavy atom. The summed E-state index contributed by atoms with van der Waals surface area (Å²) in [5.41, 5.74) is 0.566. The van der Waals surface area contributed by atoms with Crippen LogP contribution >= 0.6 is 15.9 Å². The Kier molecular flexibility index (Phi) is 5.58. The summed E-state index contributed by atoms with van der Waals surface area (Å²) in [5.74, 6) is -0.238. The summed E-state index contributed by atoms with van der Waals surface area (Å²) in [7, 11) is 0. The summed E-state index contributed by atoms with van der Waals surface area (Å²) in [6.07, 6.45) is 4.26. The van der Waals surface area contributed by atoms with Gasteiger partial charge in [0.2, 0.25) is 0 Å². The molecule has 81 valence electrons. The van der Waals surface area contributed by atoms with Crippen molar-refractivity contribution in [2.45, 2.75) is 6.42 Å². The fourth-order valence-electron chi connectivity index (χ4n) is 1.07. The number of halogens is 2. The van der Waals surface area contributed by atoms with Crippen LogP contribution in [0.4, 0.5) is 4.39 Å². The molecule has 0 heterocycles. The fraction of sp³-hybridized carbons (Fsp3) is 0.250. The number of benzene rings is 1. The normalized spacial score (nSPS) is 11.1. The van der Waals surface area contributed by atoms with Crippen molar-refractivity contribution >= 4 is 22.0 Å². The van der Waals surface area contributed by atoms with Crippen LogP contribution < -0.4 is 0 Å². The standard InChI is InChI=1S/C12H13BrFO/c1-2-7-15-8-3-4-10-5-6-11(13)9-12(10)14/h3-6,9H,1-2,7-8H2. The van der Waals surface area contributed by atoms with Crippen LogP contribution in [0.15, 0.2) is 28.7 Å². The van der Waals surface area contributed by atoms with Gasteiger partial charge in [0.05, 0.1) is 6.61 Å². The Labute approximate surface area is 98.1 Å². The first kappa shape index (κ1) is 12.4. The van der Waals surface area contributed by atoms with Crippen molar-refractivity contribution in [3.8, 4) is 0 Å². The molecule has 3 heteroatoms. The third kappa shape index (κ3) is 4.58. The highest BCUT2D eigenvalue weighted by atomic mass is 79.9. The Bertz CT molecular complexity index is 336. The van der Waals surface area contributed by atoms with Crippen molar-refractivity contribution in [3.05, 3.63) is 47.1 Å². The maximum Gasteiger partial charge on any atom is 0.131 e. The van der Waals surface area contributed by atoms with Gasteiger partial charge in [0.25, 0.3) is 0 Å². The van der Waals surface area contributed by atoms with E-state index in [9.17, 15) is 4.39 Å². The second kappa shape index (κ2) is 6.75. The molecule has 0 atom stereocenters. The first-order valence-corrected chi connectivity index (χ1v) is 5.52. The topological polar surface area (TPSA) is 9.23 Å². The Balaban J connectivity index is 2.49. The SMILES string of the molecule is [CH2]CCOCC=Cc1ccc(Br)cc1F. The lowest BCUT2D eigenvalue weighted by Crippen LogP contribution is -1.91. The van der Waals surface area contributed by atoms with E-state index in [0.29, 0.717) is 18.8 Å². The van der Waals surface area contributed by atoms with Gasteiger partial charge >= 0.3 is 0 Å². The van der Waals surface area contributed by atoms with Crippen molar-refractivity contribution < 1.29 is 9.13 Å². The van der Waals surface area contributed by atoms with Crippen molar-refractivity contribution in [3.63, 3.8) is 0 Å². The molecule has 0 saturated heterocycles. The highest BCUT2D eigenvalue weighted by Crippen LogP contribution is 2.16. The Morgan fingerprint density at radius 3 is 2.93 bits per heavy atom. The molecule has 0 aliphatic rings.